The first kappa shape index (κ1) is 21.0. The number of aromatic nitrogens is 1. The van der Waals surface area contributed by atoms with E-state index in [4.69, 9.17) is 12.2 Å². The molecule has 5 nitrogen and oxygen atoms in total. The number of nitrogens with one attached hydrogen (secondary N) is 2. The summed E-state index contributed by atoms with van der Waals surface area (Å²) in [6.45, 7) is 3.90. The molecule has 150 valence electrons. The number of nitrogens with zero attached hydrogens (tertiary/aromatic N) is 1. The number of aromatic amines is 1. The Bertz CT molecular complexity index is 1070. The molecule has 2 N–H and O–H groups in total. The molecule has 1 atom stereocenters. The summed E-state index contributed by atoms with van der Waals surface area (Å²) in [4.78, 5) is 30.9. The number of amides is 2. The first-order valence-corrected chi connectivity index (χ1v) is 10.5. The van der Waals surface area contributed by atoms with Crippen LogP contribution in [0.3, 0.4) is 0 Å². The van der Waals surface area contributed by atoms with Crippen molar-refractivity contribution >= 4 is 41.1 Å². The number of likely N-dealkylation sites (N-methyl/N-ethyl adjacent to an activating group) is 1. The molecule has 3 rings (SSSR count). The lowest BCUT2D eigenvalue weighted by molar-refractivity contribution is -0.131. The van der Waals surface area contributed by atoms with Gasteiger partial charge in [0.15, 0.2) is 3.95 Å². The van der Waals surface area contributed by atoms with Gasteiger partial charge in [0.25, 0.3) is 5.91 Å². The summed E-state index contributed by atoms with van der Waals surface area (Å²) >= 11 is 6.59. The third-order valence-electron chi connectivity index (χ3n) is 4.87. The summed E-state index contributed by atoms with van der Waals surface area (Å²) in [6, 6.07) is 16.5. The van der Waals surface area contributed by atoms with E-state index in [1.165, 1.54) is 11.3 Å². The molecule has 0 bridgehead atoms. The van der Waals surface area contributed by atoms with Crippen molar-refractivity contribution in [2.24, 2.45) is 0 Å². The number of aryl methyl sites for hydroxylation is 1. The number of carbonyl (C=O) groups is 2. The van der Waals surface area contributed by atoms with E-state index in [0.29, 0.717) is 21.6 Å². The van der Waals surface area contributed by atoms with Crippen LogP contribution in [0.25, 0.3) is 0 Å². The lowest BCUT2D eigenvalue weighted by Gasteiger charge is -2.26. The van der Waals surface area contributed by atoms with Crippen molar-refractivity contribution < 1.29 is 9.59 Å². The predicted octanol–water partition coefficient (Wildman–Crippen LogP) is 5.13. The van der Waals surface area contributed by atoms with Crippen LogP contribution < -0.4 is 5.32 Å². The van der Waals surface area contributed by atoms with Crippen LogP contribution in [0.4, 0.5) is 5.69 Å². The van der Waals surface area contributed by atoms with Crippen LogP contribution in [0.2, 0.25) is 0 Å². The van der Waals surface area contributed by atoms with E-state index in [0.717, 1.165) is 16.1 Å². The van der Waals surface area contributed by atoms with E-state index in [1.807, 2.05) is 56.3 Å². The van der Waals surface area contributed by atoms with E-state index in [2.05, 4.69) is 10.3 Å². The maximum atomic E-state index is 12.8. The zero-order valence-electron chi connectivity index (χ0n) is 16.6. The molecule has 0 radical (unpaired) electrons. The zero-order chi connectivity index (χ0) is 21.0. The zero-order valence-corrected chi connectivity index (χ0v) is 18.2. The Hall–Kier alpha value is -2.77. The van der Waals surface area contributed by atoms with Crippen molar-refractivity contribution in [1.82, 2.24) is 9.88 Å². The Labute approximate surface area is 179 Å². The summed E-state index contributed by atoms with van der Waals surface area (Å²) in [5.74, 6) is -0.145. The quantitative estimate of drug-likeness (QED) is 0.538. The monoisotopic (exact) mass is 425 g/mol. The van der Waals surface area contributed by atoms with E-state index in [1.54, 1.807) is 24.1 Å². The van der Waals surface area contributed by atoms with Gasteiger partial charge in [0.2, 0.25) is 5.91 Å². The van der Waals surface area contributed by atoms with E-state index in [9.17, 15) is 9.59 Å². The van der Waals surface area contributed by atoms with Gasteiger partial charge >= 0.3 is 0 Å². The first-order chi connectivity index (χ1) is 13.8. The number of carbonyl (C=O) groups excluding carboxylic acids is 2. The minimum absolute atomic E-state index is 0.0181. The number of rotatable bonds is 6. The Morgan fingerprint density at radius 2 is 1.90 bits per heavy atom. The van der Waals surface area contributed by atoms with Crippen molar-refractivity contribution in [3.63, 3.8) is 0 Å². The second-order valence-electron chi connectivity index (χ2n) is 6.87. The third kappa shape index (κ3) is 5.19. The second kappa shape index (κ2) is 9.15. The van der Waals surface area contributed by atoms with Gasteiger partial charge in [-0.15, -0.1) is 11.3 Å². The van der Waals surface area contributed by atoms with Crippen LogP contribution in [-0.2, 0) is 11.2 Å². The molecule has 0 aliphatic rings. The second-order valence-corrected chi connectivity index (χ2v) is 8.64. The minimum Gasteiger partial charge on any atom is -0.341 e. The van der Waals surface area contributed by atoms with Gasteiger partial charge in [-0.1, -0.05) is 30.3 Å². The smallest absolute Gasteiger partial charge is 0.255 e. The maximum absolute atomic E-state index is 12.8. The van der Waals surface area contributed by atoms with Crippen LogP contribution in [0.1, 0.15) is 39.5 Å². The highest BCUT2D eigenvalue weighted by molar-refractivity contribution is 7.73. The number of anilines is 1. The molecular formula is C22H23N3O2S2. The number of thiazole rings is 1. The van der Waals surface area contributed by atoms with Gasteiger partial charge in [0.1, 0.15) is 0 Å². The predicted molar refractivity (Wildman–Crippen MR) is 120 cm³/mol. The summed E-state index contributed by atoms with van der Waals surface area (Å²) in [5.41, 5.74) is 3.19. The first-order valence-electron chi connectivity index (χ1n) is 9.25. The Balaban J connectivity index is 1.70. The Morgan fingerprint density at radius 3 is 2.55 bits per heavy atom. The Kier molecular flexibility index (Phi) is 6.61. The number of hydrogen-bond acceptors (Lipinski definition) is 4. The number of benzene rings is 2. The molecule has 2 amide bonds. The highest BCUT2D eigenvalue weighted by atomic mass is 32.1. The lowest BCUT2D eigenvalue weighted by Crippen LogP contribution is -2.31. The SMILES string of the molecule is Cc1[nH]c(=S)sc1CC(=O)N(C)[C@@H](C)c1cccc(NC(=O)c2ccccc2)c1. The van der Waals surface area contributed by atoms with E-state index in [-0.39, 0.29) is 17.9 Å². The summed E-state index contributed by atoms with van der Waals surface area (Å²) < 4.78 is 0.683. The third-order valence-corrected chi connectivity index (χ3v) is 6.21. The normalized spacial score (nSPS) is 11.7. The van der Waals surface area contributed by atoms with Gasteiger partial charge in [-0.25, -0.2) is 0 Å². The van der Waals surface area contributed by atoms with Crippen molar-refractivity contribution in [2.75, 3.05) is 12.4 Å². The molecule has 2 aromatic carbocycles. The fourth-order valence-corrected chi connectivity index (χ4v) is 4.26. The molecule has 0 aliphatic carbocycles. The molecule has 3 aromatic rings. The minimum atomic E-state index is -0.163. The Morgan fingerprint density at radius 1 is 1.17 bits per heavy atom. The molecular weight excluding hydrogens is 402 g/mol. The van der Waals surface area contributed by atoms with Crippen LogP contribution in [-0.4, -0.2) is 28.7 Å². The largest absolute Gasteiger partial charge is 0.341 e. The molecule has 1 heterocycles. The fourth-order valence-electron chi connectivity index (χ4n) is 2.98. The lowest BCUT2D eigenvalue weighted by atomic mass is 10.1. The standard InChI is InChI=1S/C22H23N3O2S2/c1-14-19(29-22(28)23-14)13-20(26)25(3)15(2)17-10-7-11-18(12-17)24-21(27)16-8-5-4-6-9-16/h4-12,15H,13H2,1-3H3,(H,23,28)(H,24,27)/t15-/m0/s1. The highest BCUT2D eigenvalue weighted by Gasteiger charge is 2.19. The molecule has 1 aromatic heterocycles. The summed E-state index contributed by atoms with van der Waals surface area (Å²) in [6.07, 6.45) is 0.314. The van der Waals surface area contributed by atoms with Crippen molar-refractivity contribution in [3.05, 3.63) is 80.2 Å². The maximum Gasteiger partial charge on any atom is 0.255 e. The number of H-pyrrole nitrogens is 1. The molecule has 0 aliphatic heterocycles. The average Bonchev–Trinajstić information content (AvgIpc) is 3.04. The van der Waals surface area contributed by atoms with Crippen molar-refractivity contribution in [1.29, 1.82) is 0 Å². The van der Waals surface area contributed by atoms with Gasteiger partial charge in [-0.05, 0) is 55.9 Å². The topological polar surface area (TPSA) is 65.2 Å². The molecule has 0 spiro atoms. The van der Waals surface area contributed by atoms with Crippen LogP contribution in [0.5, 0.6) is 0 Å². The van der Waals surface area contributed by atoms with Crippen LogP contribution in [0.15, 0.2) is 54.6 Å². The van der Waals surface area contributed by atoms with E-state index >= 15 is 0 Å². The van der Waals surface area contributed by atoms with Gasteiger partial charge in [-0.2, -0.15) is 0 Å². The van der Waals surface area contributed by atoms with Crippen LogP contribution in [0, 0.1) is 10.9 Å². The van der Waals surface area contributed by atoms with Gasteiger partial charge in [0.05, 0.1) is 12.5 Å². The summed E-state index contributed by atoms with van der Waals surface area (Å²) in [5, 5.41) is 2.92. The highest BCUT2D eigenvalue weighted by Crippen LogP contribution is 2.24. The molecule has 0 saturated carbocycles. The fraction of sp³-hybridized carbons (Fsp3) is 0.227. The molecule has 0 saturated heterocycles. The van der Waals surface area contributed by atoms with Crippen molar-refractivity contribution in [2.45, 2.75) is 26.3 Å². The van der Waals surface area contributed by atoms with Crippen LogP contribution >= 0.6 is 23.6 Å². The molecule has 0 fully saturated rings. The molecule has 7 heteroatoms. The molecule has 29 heavy (non-hydrogen) atoms. The summed E-state index contributed by atoms with van der Waals surface area (Å²) in [7, 11) is 1.80. The van der Waals surface area contributed by atoms with E-state index < -0.39 is 0 Å². The van der Waals surface area contributed by atoms with Gasteiger partial charge < -0.3 is 15.2 Å². The van der Waals surface area contributed by atoms with Crippen molar-refractivity contribution in [3.8, 4) is 0 Å². The van der Waals surface area contributed by atoms with Gasteiger partial charge in [0, 0.05) is 28.9 Å². The molecule has 0 unspecified atom stereocenters. The van der Waals surface area contributed by atoms with Gasteiger partial charge in [-0.3, -0.25) is 9.59 Å². The number of hydrogen-bond donors (Lipinski definition) is 2. The average molecular weight is 426 g/mol.